The monoisotopic (exact) mass is 183 g/mol. The van der Waals surface area contributed by atoms with Crippen LogP contribution in [0.5, 0.6) is 0 Å². The predicted octanol–water partition coefficient (Wildman–Crippen LogP) is 1.08. The Labute approximate surface area is 78.8 Å². The number of morpholine rings is 1. The van der Waals surface area contributed by atoms with Gasteiger partial charge in [-0.15, -0.1) is 0 Å². The van der Waals surface area contributed by atoms with Crippen molar-refractivity contribution in [2.24, 2.45) is 5.41 Å². The average molecular weight is 183 g/mol. The molecule has 0 bridgehead atoms. The van der Waals surface area contributed by atoms with E-state index in [0.717, 1.165) is 12.8 Å². The first kappa shape index (κ1) is 9.00. The number of carbonyl (C=O) groups excluding carboxylic acids is 1. The van der Waals surface area contributed by atoms with E-state index in [0.29, 0.717) is 12.0 Å². The van der Waals surface area contributed by atoms with Crippen LogP contribution in [0, 0.1) is 5.41 Å². The first-order valence-corrected chi connectivity index (χ1v) is 4.92. The van der Waals surface area contributed by atoms with Crippen LogP contribution >= 0.6 is 0 Å². The van der Waals surface area contributed by atoms with Gasteiger partial charge in [0.1, 0.15) is 6.61 Å². The molecular weight excluding hydrogens is 166 g/mol. The summed E-state index contributed by atoms with van der Waals surface area (Å²) in [5, 5.41) is 2.89. The third-order valence-corrected chi connectivity index (χ3v) is 3.18. The maximum atomic E-state index is 10.9. The van der Waals surface area contributed by atoms with Crippen LogP contribution in [0.15, 0.2) is 0 Å². The van der Waals surface area contributed by atoms with Crippen molar-refractivity contribution in [2.75, 3.05) is 13.2 Å². The highest BCUT2D eigenvalue weighted by molar-refractivity contribution is 5.78. The van der Waals surface area contributed by atoms with Crippen LogP contribution < -0.4 is 5.32 Å². The molecule has 1 heterocycles. The third-order valence-electron chi connectivity index (χ3n) is 3.18. The molecule has 3 nitrogen and oxygen atoms in total. The lowest BCUT2D eigenvalue weighted by molar-refractivity contribution is -0.143. The van der Waals surface area contributed by atoms with Crippen molar-refractivity contribution in [1.82, 2.24) is 5.32 Å². The third kappa shape index (κ3) is 1.70. The minimum absolute atomic E-state index is 0.0235. The summed E-state index contributed by atoms with van der Waals surface area (Å²) in [4.78, 5) is 10.9. The van der Waals surface area contributed by atoms with Gasteiger partial charge < -0.3 is 10.1 Å². The van der Waals surface area contributed by atoms with E-state index in [9.17, 15) is 4.79 Å². The zero-order valence-corrected chi connectivity index (χ0v) is 8.35. The van der Waals surface area contributed by atoms with Gasteiger partial charge >= 0.3 is 0 Å². The fraction of sp³-hybridized carbons (Fsp3) is 0.900. The second-order valence-electron chi connectivity index (χ2n) is 5.09. The molecule has 1 amide bonds. The summed E-state index contributed by atoms with van der Waals surface area (Å²) in [5.41, 5.74) is 0.333. The lowest BCUT2D eigenvalue weighted by Gasteiger charge is -2.34. The van der Waals surface area contributed by atoms with Crippen molar-refractivity contribution in [2.45, 2.75) is 38.7 Å². The number of ether oxygens (including phenoxy) is 1. The molecule has 1 saturated heterocycles. The Morgan fingerprint density at radius 2 is 2.15 bits per heavy atom. The predicted molar refractivity (Wildman–Crippen MR) is 49.3 cm³/mol. The summed E-state index contributed by atoms with van der Waals surface area (Å²) >= 11 is 0. The molecule has 0 aromatic carbocycles. The van der Waals surface area contributed by atoms with E-state index < -0.39 is 0 Å². The molecule has 0 aromatic heterocycles. The van der Waals surface area contributed by atoms with E-state index >= 15 is 0 Å². The smallest absolute Gasteiger partial charge is 0.246 e. The highest BCUT2D eigenvalue weighted by Crippen LogP contribution is 2.45. The summed E-state index contributed by atoms with van der Waals surface area (Å²) < 4.78 is 5.66. The van der Waals surface area contributed by atoms with Crippen LogP contribution in [-0.2, 0) is 9.53 Å². The van der Waals surface area contributed by atoms with Gasteiger partial charge in [-0.2, -0.15) is 0 Å². The van der Waals surface area contributed by atoms with E-state index in [2.05, 4.69) is 19.2 Å². The first-order chi connectivity index (χ1) is 6.02. The Balaban J connectivity index is 2.04. The average Bonchev–Trinajstić information content (AvgIpc) is 2.35. The number of rotatable bonds is 0. The Kier molecular flexibility index (Phi) is 1.88. The van der Waals surface area contributed by atoms with Gasteiger partial charge in [0.25, 0.3) is 0 Å². The van der Waals surface area contributed by atoms with Crippen LogP contribution in [-0.4, -0.2) is 24.7 Å². The molecule has 0 radical (unpaired) electrons. The maximum absolute atomic E-state index is 10.9. The minimum Gasteiger partial charge on any atom is -0.363 e. The molecule has 1 unspecified atom stereocenters. The summed E-state index contributed by atoms with van der Waals surface area (Å²) in [6.07, 6.45) is 3.35. The van der Waals surface area contributed by atoms with Gasteiger partial charge in [0, 0.05) is 6.54 Å². The van der Waals surface area contributed by atoms with E-state index in [1.54, 1.807) is 0 Å². The standard InChI is InChI=1S/C10H17NO2/c1-9(2)3-4-10(6-9)7-11-8(12)5-13-10/h3-7H2,1-2H3,(H,11,12). The molecule has 1 aliphatic carbocycles. The Morgan fingerprint density at radius 1 is 1.38 bits per heavy atom. The largest absolute Gasteiger partial charge is 0.363 e. The van der Waals surface area contributed by atoms with Gasteiger partial charge in [0.2, 0.25) is 5.91 Å². The normalized spacial score (nSPS) is 37.8. The molecule has 1 saturated carbocycles. The maximum Gasteiger partial charge on any atom is 0.246 e. The van der Waals surface area contributed by atoms with Gasteiger partial charge in [-0.3, -0.25) is 4.79 Å². The van der Waals surface area contributed by atoms with Crippen LogP contribution in [0.2, 0.25) is 0 Å². The molecule has 0 aromatic rings. The van der Waals surface area contributed by atoms with Crippen molar-refractivity contribution in [3.05, 3.63) is 0 Å². The van der Waals surface area contributed by atoms with Crippen LogP contribution in [0.3, 0.4) is 0 Å². The van der Waals surface area contributed by atoms with Gasteiger partial charge in [-0.25, -0.2) is 0 Å². The fourth-order valence-electron chi connectivity index (χ4n) is 2.47. The van der Waals surface area contributed by atoms with Crippen molar-refractivity contribution >= 4 is 5.91 Å². The zero-order chi connectivity index (χ0) is 9.53. The van der Waals surface area contributed by atoms with Crippen LogP contribution in [0.25, 0.3) is 0 Å². The number of nitrogens with one attached hydrogen (secondary N) is 1. The zero-order valence-electron chi connectivity index (χ0n) is 8.35. The molecule has 3 heteroatoms. The van der Waals surface area contributed by atoms with Gasteiger partial charge in [-0.1, -0.05) is 13.8 Å². The number of carbonyl (C=O) groups is 1. The molecule has 1 aliphatic heterocycles. The quantitative estimate of drug-likeness (QED) is 0.610. The van der Waals surface area contributed by atoms with Crippen molar-refractivity contribution in [1.29, 1.82) is 0 Å². The summed E-state index contributed by atoms with van der Waals surface area (Å²) in [5.74, 6) is 0.0235. The molecule has 74 valence electrons. The number of hydrogen-bond donors (Lipinski definition) is 1. The molecule has 2 aliphatic rings. The molecule has 1 atom stereocenters. The van der Waals surface area contributed by atoms with Gasteiger partial charge in [-0.05, 0) is 24.7 Å². The molecule has 1 spiro atoms. The molecule has 13 heavy (non-hydrogen) atoms. The summed E-state index contributed by atoms with van der Waals surface area (Å²) in [6, 6.07) is 0. The highest BCUT2D eigenvalue weighted by atomic mass is 16.5. The Bertz CT molecular complexity index is 225. The Morgan fingerprint density at radius 3 is 2.62 bits per heavy atom. The van der Waals surface area contributed by atoms with Crippen LogP contribution in [0.1, 0.15) is 33.1 Å². The fourth-order valence-corrected chi connectivity index (χ4v) is 2.47. The van der Waals surface area contributed by atoms with Crippen molar-refractivity contribution in [3.8, 4) is 0 Å². The lowest BCUT2D eigenvalue weighted by Crippen LogP contribution is -2.51. The molecule has 2 fully saturated rings. The molecule has 1 N–H and O–H groups in total. The Hall–Kier alpha value is -0.570. The highest BCUT2D eigenvalue weighted by Gasteiger charge is 2.46. The van der Waals surface area contributed by atoms with E-state index in [4.69, 9.17) is 4.74 Å². The minimum atomic E-state index is -0.0442. The van der Waals surface area contributed by atoms with Crippen molar-refractivity contribution < 1.29 is 9.53 Å². The lowest BCUT2D eigenvalue weighted by atomic mass is 9.89. The second kappa shape index (κ2) is 2.71. The van der Waals surface area contributed by atoms with E-state index in [1.165, 1.54) is 6.42 Å². The van der Waals surface area contributed by atoms with Crippen LogP contribution in [0.4, 0.5) is 0 Å². The summed E-state index contributed by atoms with van der Waals surface area (Å²) in [6.45, 7) is 5.48. The van der Waals surface area contributed by atoms with Gasteiger partial charge in [0.05, 0.1) is 5.60 Å². The topological polar surface area (TPSA) is 38.3 Å². The summed E-state index contributed by atoms with van der Waals surface area (Å²) in [7, 11) is 0. The van der Waals surface area contributed by atoms with Gasteiger partial charge in [0.15, 0.2) is 0 Å². The van der Waals surface area contributed by atoms with E-state index in [1.807, 2.05) is 0 Å². The second-order valence-corrected chi connectivity index (χ2v) is 5.09. The molecular formula is C10H17NO2. The van der Waals surface area contributed by atoms with Crippen molar-refractivity contribution in [3.63, 3.8) is 0 Å². The molecule has 2 rings (SSSR count). The number of amides is 1. The number of hydrogen-bond acceptors (Lipinski definition) is 2. The van der Waals surface area contributed by atoms with E-state index in [-0.39, 0.29) is 18.1 Å². The SMILES string of the molecule is CC1(C)CCC2(CNC(=O)CO2)C1. The first-order valence-electron chi connectivity index (χ1n) is 4.92.